The molecule has 1 unspecified atom stereocenters. The summed E-state index contributed by atoms with van der Waals surface area (Å²) in [4.78, 5) is 50.9. The van der Waals surface area contributed by atoms with E-state index >= 15 is 0 Å². The molecule has 1 saturated heterocycles. The van der Waals surface area contributed by atoms with Gasteiger partial charge < -0.3 is 37.3 Å². The maximum Gasteiger partial charge on any atom is 0.302 e. The fourth-order valence-electron chi connectivity index (χ4n) is 3.47. The number of thioether (sulfide) groups is 2. The number of nitrogen functional groups attached to an aromatic ring is 3. The number of hydrogen-bond acceptors (Lipinski definition) is 14. The third kappa shape index (κ3) is 5.17. The van der Waals surface area contributed by atoms with Gasteiger partial charge in [-0.15, -0.1) is 23.1 Å². The SMILES string of the molecule is CO/N=C(\C(=O)NC[n+]1c(N)cc(N)nc1SCC1=C(C(=O)[O-])N2C(=O)CC2SC1)c1csc(N)n1. The molecular formula is C19H21N9O5S3. The molecule has 1 fully saturated rings. The monoisotopic (exact) mass is 551 g/mol. The van der Waals surface area contributed by atoms with E-state index in [-0.39, 0.29) is 57.6 Å². The van der Waals surface area contributed by atoms with E-state index in [2.05, 4.69) is 20.4 Å². The van der Waals surface area contributed by atoms with Gasteiger partial charge in [-0.2, -0.15) is 0 Å². The van der Waals surface area contributed by atoms with Gasteiger partial charge >= 0.3 is 5.16 Å². The third-order valence-electron chi connectivity index (χ3n) is 5.12. The van der Waals surface area contributed by atoms with Crippen LogP contribution in [0.5, 0.6) is 0 Å². The summed E-state index contributed by atoms with van der Waals surface area (Å²) in [5.41, 5.74) is 18.2. The van der Waals surface area contributed by atoms with Crippen molar-refractivity contribution in [1.82, 2.24) is 20.2 Å². The third-order valence-corrected chi connectivity index (χ3v) is 8.14. The smallest absolute Gasteiger partial charge is 0.302 e. The Hall–Kier alpha value is -3.57. The fourth-order valence-corrected chi connectivity index (χ4v) is 6.45. The Kier molecular flexibility index (Phi) is 7.51. The van der Waals surface area contributed by atoms with Crippen molar-refractivity contribution in [3.63, 3.8) is 0 Å². The summed E-state index contributed by atoms with van der Waals surface area (Å²) in [6.07, 6.45) is 0.302. The number of β-lactam (4-membered cyclic amide) rings is 1. The summed E-state index contributed by atoms with van der Waals surface area (Å²) in [5.74, 6) is -1.31. The van der Waals surface area contributed by atoms with Crippen molar-refractivity contribution in [2.45, 2.75) is 23.6 Å². The molecule has 2 amide bonds. The minimum absolute atomic E-state index is 0.0843. The maximum atomic E-state index is 12.8. The first kappa shape index (κ1) is 25.5. The molecule has 4 rings (SSSR count). The number of thiazole rings is 1. The van der Waals surface area contributed by atoms with E-state index in [1.165, 1.54) is 34.4 Å². The van der Waals surface area contributed by atoms with Crippen molar-refractivity contribution in [2.75, 3.05) is 35.8 Å². The second-order valence-electron chi connectivity index (χ2n) is 7.44. The van der Waals surface area contributed by atoms with Crippen LogP contribution >= 0.6 is 34.9 Å². The van der Waals surface area contributed by atoms with Crippen molar-refractivity contribution in [3.8, 4) is 0 Å². The van der Waals surface area contributed by atoms with Gasteiger partial charge in [0, 0.05) is 16.9 Å². The molecule has 2 aliphatic rings. The lowest BCUT2D eigenvalue weighted by Crippen LogP contribution is -2.56. The standard InChI is InChI=1S/C19H21N9O5S3/c1-33-26-14(9-6-35-18(22)24-9)16(30)23-7-27-11(21)2-10(20)25-19(27)36-5-8-4-34-13-3-12(29)28(13)15(8)17(31)32/h2,6,13H,3-5,7H2,1H3,(H7,20,21,22,23,24,30,31,32)/b26-14-. The van der Waals surface area contributed by atoms with Gasteiger partial charge in [0.15, 0.2) is 10.8 Å². The highest BCUT2D eigenvalue weighted by atomic mass is 32.2. The molecule has 4 heterocycles. The second kappa shape index (κ2) is 10.6. The van der Waals surface area contributed by atoms with Crippen LogP contribution in [-0.2, 0) is 25.9 Å². The molecule has 7 N–H and O–H groups in total. The van der Waals surface area contributed by atoms with Crippen molar-refractivity contribution in [2.24, 2.45) is 5.16 Å². The average Bonchev–Trinajstić information content (AvgIpc) is 3.25. The summed E-state index contributed by atoms with van der Waals surface area (Å²) in [7, 11) is 1.30. The molecule has 36 heavy (non-hydrogen) atoms. The van der Waals surface area contributed by atoms with E-state index in [0.717, 1.165) is 23.1 Å². The predicted molar refractivity (Wildman–Crippen MR) is 132 cm³/mol. The summed E-state index contributed by atoms with van der Waals surface area (Å²) >= 11 is 3.79. The van der Waals surface area contributed by atoms with Gasteiger partial charge in [0.25, 0.3) is 5.91 Å². The zero-order valence-electron chi connectivity index (χ0n) is 18.8. The van der Waals surface area contributed by atoms with E-state index < -0.39 is 11.9 Å². The van der Waals surface area contributed by atoms with Gasteiger partial charge in [0.05, 0.1) is 29.5 Å². The molecule has 0 aliphatic carbocycles. The van der Waals surface area contributed by atoms with Gasteiger partial charge in [0.2, 0.25) is 17.5 Å². The molecular weight excluding hydrogens is 530 g/mol. The van der Waals surface area contributed by atoms with E-state index in [1.54, 1.807) is 5.38 Å². The number of nitrogens with one attached hydrogen (secondary N) is 1. The van der Waals surface area contributed by atoms with E-state index in [1.807, 2.05) is 0 Å². The number of hydrogen-bond donors (Lipinski definition) is 4. The lowest BCUT2D eigenvalue weighted by atomic mass is 10.1. The first-order valence-corrected chi connectivity index (χ1v) is 13.2. The first-order valence-electron chi connectivity index (χ1n) is 10.3. The number of rotatable bonds is 9. The molecule has 2 aromatic rings. The van der Waals surface area contributed by atoms with Gasteiger partial charge in [-0.05, 0) is 17.3 Å². The number of amides is 2. The van der Waals surface area contributed by atoms with E-state index in [9.17, 15) is 19.5 Å². The highest BCUT2D eigenvalue weighted by molar-refractivity contribution is 8.00. The van der Waals surface area contributed by atoms with Crippen LogP contribution in [0.3, 0.4) is 0 Å². The normalized spacial score (nSPS) is 17.5. The average molecular weight is 552 g/mol. The van der Waals surface area contributed by atoms with Crippen LogP contribution in [0, 0.1) is 0 Å². The van der Waals surface area contributed by atoms with Crippen molar-refractivity contribution in [1.29, 1.82) is 0 Å². The van der Waals surface area contributed by atoms with Crippen LogP contribution in [0.4, 0.5) is 16.8 Å². The number of anilines is 3. The van der Waals surface area contributed by atoms with Crippen LogP contribution in [-0.4, -0.2) is 62.4 Å². The zero-order valence-corrected chi connectivity index (χ0v) is 21.2. The molecule has 1 atom stereocenters. The minimum Gasteiger partial charge on any atom is -0.543 e. The number of carboxylic acid groups (broad SMARTS) is 1. The largest absolute Gasteiger partial charge is 0.543 e. The number of fused-ring (bicyclic) bond motifs is 1. The molecule has 0 spiro atoms. The number of oxime groups is 1. The number of carboxylic acids is 1. The Morgan fingerprint density at radius 2 is 2.17 bits per heavy atom. The van der Waals surface area contributed by atoms with Gasteiger partial charge in [-0.3, -0.25) is 14.5 Å². The number of aliphatic carboxylic acids is 1. The van der Waals surface area contributed by atoms with Crippen LogP contribution in [0.2, 0.25) is 0 Å². The van der Waals surface area contributed by atoms with Crippen LogP contribution in [0.1, 0.15) is 12.1 Å². The van der Waals surface area contributed by atoms with Crippen LogP contribution in [0.25, 0.3) is 0 Å². The van der Waals surface area contributed by atoms with Crippen molar-refractivity contribution in [3.05, 3.63) is 28.4 Å². The summed E-state index contributed by atoms with van der Waals surface area (Å²) in [5, 5.41) is 20.2. The number of carbonyl (C=O) groups is 3. The Morgan fingerprint density at radius 3 is 2.81 bits per heavy atom. The summed E-state index contributed by atoms with van der Waals surface area (Å²) in [6.45, 7) is -0.115. The highest BCUT2D eigenvalue weighted by Crippen LogP contribution is 2.40. The molecule has 0 radical (unpaired) electrons. The first-order chi connectivity index (χ1) is 17.2. The fraction of sp³-hybridized carbons (Fsp3) is 0.316. The topological polar surface area (TPSA) is 219 Å². The van der Waals surface area contributed by atoms with Gasteiger partial charge in [-0.25, -0.2) is 9.55 Å². The lowest BCUT2D eigenvalue weighted by Gasteiger charge is -2.45. The molecule has 17 heteroatoms. The van der Waals surface area contributed by atoms with Crippen LogP contribution < -0.4 is 32.2 Å². The Labute approximate surface area is 216 Å². The van der Waals surface area contributed by atoms with Gasteiger partial charge in [-0.1, -0.05) is 10.1 Å². The number of carbonyl (C=O) groups excluding carboxylic acids is 3. The maximum absolute atomic E-state index is 12.8. The lowest BCUT2D eigenvalue weighted by molar-refractivity contribution is -0.725. The molecule has 0 bridgehead atoms. The number of nitrogens with zero attached hydrogens (tertiary/aromatic N) is 5. The molecule has 2 aromatic heterocycles. The molecule has 2 aliphatic heterocycles. The molecule has 0 aromatic carbocycles. The van der Waals surface area contributed by atoms with Crippen molar-refractivity contribution < 1.29 is 28.9 Å². The Morgan fingerprint density at radius 1 is 1.39 bits per heavy atom. The predicted octanol–water partition coefficient (Wildman–Crippen LogP) is -1.90. The Bertz CT molecular complexity index is 1300. The molecule has 14 nitrogen and oxygen atoms in total. The van der Waals surface area contributed by atoms with Crippen LogP contribution in [0.15, 0.2) is 33.0 Å². The zero-order chi connectivity index (χ0) is 26.0. The summed E-state index contributed by atoms with van der Waals surface area (Å²) in [6, 6.07) is 1.42. The second-order valence-corrected chi connectivity index (χ2v) is 10.4. The quantitative estimate of drug-likeness (QED) is 0.0670. The van der Waals surface area contributed by atoms with Gasteiger partial charge in [0.1, 0.15) is 19.5 Å². The van der Waals surface area contributed by atoms with E-state index in [0.29, 0.717) is 22.9 Å². The molecule has 0 saturated carbocycles. The van der Waals surface area contributed by atoms with Crippen molar-refractivity contribution >= 4 is 75.1 Å². The number of aromatic nitrogens is 3. The number of nitrogens with two attached hydrogens (primary N) is 3. The Balaban J connectivity index is 1.53. The van der Waals surface area contributed by atoms with E-state index in [4.69, 9.17) is 22.0 Å². The summed E-state index contributed by atoms with van der Waals surface area (Å²) < 4.78 is 1.49. The molecule has 190 valence electrons. The minimum atomic E-state index is -1.41. The highest BCUT2D eigenvalue weighted by Gasteiger charge is 2.43.